The predicted molar refractivity (Wildman–Crippen MR) is 131 cm³/mol. The van der Waals surface area contributed by atoms with Crippen LogP contribution in [0.5, 0.6) is 0 Å². The van der Waals surface area contributed by atoms with Gasteiger partial charge in [0.2, 0.25) is 5.91 Å². The van der Waals surface area contributed by atoms with Gasteiger partial charge in [-0.15, -0.1) is 0 Å². The van der Waals surface area contributed by atoms with Gasteiger partial charge in [0.05, 0.1) is 6.17 Å². The van der Waals surface area contributed by atoms with E-state index in [2.05, 4.69) is 67.0 Å². The standard InChI is InChI=1S/C23H38N4O2Si2/c1-30(2,3)27(31(4,5)6)21-14-15-24-23(29)26(21)18-20-12-13-22(28)25(17-20)16-19-10-8-7-9-11-19/h7-11,14-15,20-21H,12-13,16-18H2,1-6H3,(H,24,29). The van der Waals surface area contributed by atoms with E-state index in [9.17, 15) is 9.59 Å². The van der Waals surface area contributed by atoms with Crippen molar-refractivity contribution in [2.75, 3.05) is 13.1 Å². The minimum atomic E-state index is -1.66. The van der Waals surface area contributed by atoms with Crippen LogP contribution in [0, 0.1) is 5.92 Å². The summed E-state index contributed by atoms with van der Waals surface area (Å²) in [5.74, 6) is 0.497. The Balaban J connectivity index is 1.77. The monoisotopic (exact) mass is 458 g/mol. The summed E-state index contributed by atoms with van der Waals surface area (Å²) < 4.78 is 2.67. The van der Waals surface area contributed by atoms with E-state index in [1.807, 2.05) is 34.2 Å². The molecule has 2 atom stereocenters. The fraction of sp³-hybridized carbons (Fsp3) is 0.565. The molecule has 1 saturated heterocycles. The molecule has 3 amide bonds. The Hall–Kier alpha value is -1.91. The molecule has 31 heavy (non-hydrogen) atoms. The molecule has 2 aliphatic heterocycles. The van der Waals surface area contributed by atoms with Crippen molar-refractivity contribution >= 4 is 28.4 Å². The largest absolute Gasteiger partial charge is 0.338 e. The number of hydrogen-bond donors (Lipinski definition) is 1. The lowest BCUT2D eigenvalue weighted by Crippen LogP contribution is -2.69. The molecule has 3 rings (SSSR count). The van der Waals surface area contributed by atoms with Crippen molar-refractivity contribution in [1.29, 1.82) is 0 Å². The SMILES string of the molecule is C[Si](C)(C)N(C1C=CNC(=O)N1CC1CCC(=O)N(Cc2ccccc2)C1)[Si](C)(C)C. The predicted octanol–water partition coefficient (Wildman–Crippen LogP) is 4.26. The minimum absolute atomic E-state index is 0.00714. The van der Waals surface area contributed by atoms with Crippen molar-refractivity contribution in [3.63, 3.8) is 0 Å². The van der Waals surface area contributed by atoms with E-state index in [0.717, 1.165) is 12.0 Å². The van der Waals surface area contributed by atoms with Gasteiger partial charge in [0.1, 0.15) is 16.5 Å². The number of rotatable bonds is 7. The first kappa shape index (κ1) is 23.8. The van der Waals surface area contributed by atoms with Crippen molar-refractivity contribution in [1.82, 2.24) is 19.3 Å². The van der Waals surface area contributed by atoms with Crippen LogP contribution in [0.4, 0.5) is 4.79 Å². The summed E-state index contributed by atoms with van der Waals surface area (Å²) in [5, 5.41) is 2.90. The zero-order valence-electron chi connectivity index (χ0n) is 19.9. The van der Waals surface area contributed by atoms with E-state index in [-0.39, 0.29) is 24.0 Å². The number of hydrogen-bond acceptors (Lipinski definition) is 3. The number of likely N-dealkylation sites (tertiary alicyclic amines) is 1. The number of carbonyl (C=O) groups is 2. The lowest BCUT2D eigenvalue weighted by atomic mass is 9.96. The Bertz CT molecular complexity index is 803. The van der Waals surface area contributed by atoms with Crippen LogP contribution in [-0.4, -0.2) is 61.7 Å². The molecular formula is C23H38N4O2Si2. The fourth-order valence-electron chi connectivity index (χ4n) is 5.10. The third-order valence-electron chi connectivity index (χ3n) is 6.03. The molecule has 1 aromatic rings. The van der Waals surface area contributed by atoms with Crippen LogP contribution in [0.1, 0.15) is 18.4 Å². The summed E-state index contributed by atoms with van der Waals surface area (Å²) in [7, 11) is -3.33. The molecule has 2 unspecified atom stereocenters. The summed E-state index contributed by atoms with van der Waals surface area (Å²) >= 11 is 0. The molecule has 0 bridgehead atoms. The first-order chi connectivity index (χ1) is 14.5. The molecule has 2 heterocycles. The van der Waals surface area contributed by atoms with Crippen molar-refractivity contribution in [3.8, 4) is 0 Å². The molecule has 0 aliphatic carbocycles. The quantitative estimate of drug-likeness (QED) is 0.621. The van der Waals surface area contributed by atoms with E-state index in [1.54, 1.807) is 0 Å². The molecule has 1 fully saturated rings. The zero-order chi connectivity index (χ0) is 22.8. The zero-order valence-corrected chi connectivity index (χ0v) is 21.9. The van der Waals surface area contributed by atoms with E-state index in [0.29, 0.717) is 26.1 Å². The number of carbonyl (C=O) groups excluding carboxylic acids is 2. The average molecular weight is 459 g/mol. The number of nitrogens with zero attached hydrogens (tertiary/aromatic N) is 3. The van der Waals surface area contributed by atoms with Crippen LogP contribution >= 0.6 is 0 Å². The molecular weight excluding hydrogens is 420 g/mol. The molecule has 0 spiro atoms. The van der Waals surface area contributed by atoms with E-state index in [1.165, 1.54) is 0 Å². The molecule has 1 aromatic carbocycles. The second-order valence-corrected chi connectivity index (χ2v) is 20.8. The summed E-state index contributed by atoms with van der Waals surface area (Å²) in [6.45, 7) is 16.2. The third kappa shape index (κ3) is 5.87. The Labute approximate surface area is 189 Å². The Morgan fingerprint density at radius 1 is 1.03 bits per heavy atom. The van der Waals surface area contributed by atoms with E-state index in [4.69, 9.17) is 0 Å². The first-order valence-corrected chi connectivity index (χ1v) is 18.2. The van der Waals surface area contributed by atoms with Gasteiger partial charge < -0.3 is 19.3 Å². The summed E-state index contributed by atoms with van der Waals surface area (Å²) in [6.07, 6.45) is 5.34. The van der Waals surface area contributed by atoms with Crippen LogP contribution in [0.2, 0.25) is 39.3 Å². The lowest BCUT2D eigenvalue weighted by Gasteiger charge is -2.52. The second kappa shape index (κ2) is 9.30. The van der Waals surface area contributed by atoms with Gasteiger partial charge in [0.25, 0.3) is 0 Å². The number of benzene rings is 1. The molecule has 0 radical (unpaired) electrons. The normalized spacial score (nSPS) is 22.8. The Kier molecular flexibility index (Phi) is 7.12. The summed E-state index contributed by atoms with van der Waals surface area (Å²) in [4.78, 5) is 29.5. The number of piperidine rings is 1. The van der Waals surface area contributed by atoms with Crippen molar-refractivity contribution in [2.45, 2.75) is 64.8 Å². The third-order valence-corrected chi connectivity index (χ3v) is 13.5. The average Bonchev–Trinajstić information content (AvgIpc) is 2.65. The second-order valence-electron chi connectivity index (χ2n) is 10.8. The van der Waals surface area contributed by atoms with Gasteiger partial charge in [-0.05, 0) is 24.0 Å². The number of amides is 3. The van der Waals surface area contributed by atoms with Crippen molar-refractivity contribution in [2.24, 2.45) is 5.92 Å². The van der Waals surface area contributed by atoms with Gasteiger partial charge in [-0.3, -0.25) is 4.79 Å². The van der Waals surface area contributed by atoms with Gasteiger partial charge in [0.15, 0.2) is 0 Å². The summed E-state index contributed by atoms with van der Waals surface area (Å²) in [6, 6.07) is 10.1. The van der Waals surface area contributed by atoms with Gasteiger partial charge in [-0.25, -0.2) is 4.79 Å². The fourth-order valence-corrected chi connectivity index (χ4v) is 15.2. The number of urea groups is 1. The molecule has 2 aliphatic rings. The smallest absolute Gasteiger partial charge is 0.322 e. The molecule has 6 nitrogen and oxygen atoms in total. The maximum Gasteiger partial charge on any atom is 0.322 e. The maximum absolute atomic E-state index is 13.0. The highest BCUT2D eigenvalue weighted by Crippen LogP contribution is 2.29. The Morgan fingerprint density at radius 3 is 2.29 bits per heavy atom. The highest BCUT2D eigenvalue weighted by Gasteiger charge is 2.43. The van der Waals surface area contributed by atoms with E-state index < -0.39 is 16.5 Å². The van der Waals surface area contributed by atoms with Crippen LogP contribution in [0.3, 0.4) is 0 Å². The van der Waals surface area contributed by atoms with Crippen molar-refractivity contribution in [3.05, 3.63) is 48.2 Å². The molecule has 170 valence electrons. The van der Waals surface area contributed by atoms with Crippen LogP contribution in [-0.2, 0) is 11.3 Å². The number of nitrogens with one attached hydrogen (secondary N) is 1. The topological polar surface area (TPSA) is 55.9 Å². The molecule has 8 heteroatoms. The van der Waals surface area contributed by atoms with Gasteiger partial charge in [-0.1, -0.05) is 69.6 Å². The highest BCUT2D eigenvalue weighted by molar-refractivity contribution is 6.89. The highest BCUT2D eigenvalue weighted by atomic mass is 28.4. The minimum Gasteiger partial charge on any atom is -0.338 e. The van der Waals surface area contributed by atoms with Gasteiger partial charge in [0, 0.05) is 32.3 Å². The molecule has 1 N–H and O–H groups in total. The van der Waals surface area contributed by atoms with E-state index >= 15 is 0 Å². The molecule has 0 saturated carbocycles. The summed E-state index contributed by atoms with van der Waals surface area (Å²) in [5.41, 5.74) is 1.15. The van der Waals surface area contributed by atoms with Crippen LogP contribution in [0.25, 0.3) is 0 Å². The Morgan fingerprint density at radius 2 is 1.68 bits per heavy atom. The van der Waals surface area contributed by atoms with Gasteiger partial charge >= 0.3 is 6.03 Å². The maximum atomic E-state index is 13.0. The van der Waals surface area contributed by atoms with Crippen LogP contribution < -0.4 is 5.32 Å². The van der Waals surface area contributed by atoms with Crippen molar-refractivity contribution < 1.29 is 9.59 Å². The van der Waals surface area contributed by atoms with Gasteiger partial charge in [-0.2, -0.15) is 0 Å². The first-order valence-electron chi connectivity index (χ1n) is 11.3. The lowest BCUT2D eigenvalue weighted by molar-refractivity contribution is -0.135. The molecule has 0 aromatic heterocycles. The van der Waals surface area contributed by atoms with Crippen LogP contribution in [0.15, 0.2) is 42.6 Å².